The lowest BCUT2D eigenvalue weighted by atomic mass is 9.95. The molecule has 0 saturated heterocycles. The largest absolute Gasteiger partial charge is 0.370 e. The van der Waals surface area contributed by atoms with Gasteiger partial charge in [-0.05, 0) is 32.1 Å². The second-order valence-electron chi connectivity index (χ2n) is 4.46. The van der Waals surface area contributed by atoms with Gasteiger partial charge in [0.25, 0.3) is 0 Å². The van der Waals surface area contributed by atoms with Gasteiger partial charge in [0.15, 0.2) is 5.96 Å². The van der Waals surface area contributed by atoms with Crippen molar-refractivity contribution in [3.05, 3.63) is 0 Å². The summed E-state index contributed by atoms with van der Waals surface area (Å²) in [7, 11) is 0. The van der Waals surface area contributed by atoms with Crippen molar-refractivity contribution >= 4 is 5.96 Å². The summed E-state index contributed by atoms with van der Waals surface area (Å²) in [6, 6.07) is 0. The Morgan fingerprint density at radius 2 is 2.31 bits per heavy atom. The molecule has 0 bridgehead atoms. The highest BCUT2D eigenvalue weighted by Gasteiger charge is 2.48. The molecule has 1 heterocycles. The Kier molecular flexibility index (Phi) is 1.97. The first kappa shape index (κ1) is 8.85. The van der Waals surface area contributed by atoms with Crippen molar-refractivity contribution < 1.29 is 0 Å². The lowest BCUT2D eigenvalue weighted by Gasteiger charge is -2.36. The molecule has 1 unspecified atom stereocenters. The van der Waals surface area contributed by atoms with Crippen LogP contribution in [0.4, 0.5) is 0 Å². The van der Waals surface area contributed by atoms with E-state index in [9.17, 15) is 0 Å². The maximum Gasteiger partial charge on any atom is 0.191 e. The second kappa shape index (κ2) is 2.89. The highest BCUT2D eigenvalue weighted by Crippen LogP contribution is 2.44. The Morgan fingerprint density at radius 1 is 1.62 bits per heavy atom. The number of aliphatic imine (C=N–C) groups is 1. The third-order valence-corrected chi connectivity index (χ3v) is 3.36. The van der Waals surface area contributed by atoms with Gasteiger partial charge in [0.1, 0.15) is 0 Å². The molecule has 2 aliphatic rings. The summed E-state index contributed by atoms with van der Waals surface area (Å²) in [5, 5.41) is 0. The third kappa shape index (κ3) is 1.30. The van der Waals surface area contributed by atoms with Crippen molar-refractivity contribution in [3.8, 4) is 0 Å². The average molecular weight is 181 g/mol. The van der Waals surface area contributed by atoms with E-state index in [0.29, 0.717) is 0 Å². The molecule has 2 rings (SSSR count). The Balaban J connectivity index is 2.12. The van der Waals surface area contributed by atoms with E-state index in [-0.39, 0.29) is 5.54 Å². The summed E-state index contributed by atoms with van der Waals surface area (Å²) in [6.45, 7) is 6.47. The monoisotopic (exact) mass is 181 g/mol. The number of nitrogens with zero attached hydrogens (tertiary/aromatic N) is 2. The van der Waals surface area contributed by atoms with Crippen LogP contribution in [0.25, 0.3) is 0 Å². The number of hydrogen-bond donors (Lipinski definition) is 1. The van der Waals surface area contributed by atoms with E-state index in [1.807, 2.05) is 0 Å². The summed E-state index contributed by atoms with van der Waals surface area (Å²) in [4.78, 5) is 6.68. The number of nitrogens with two attached hydrogens (primary N) is 1. The van der Waals surface area contributed by atoms with Crippen LogP contribution < -0.4 is 5.73 Å². The van der Waals surface area contributed by atoms with Gasteiger partial charge in [-0.1, -0.05) is 6.92 Å². The predicted octanol–water partition coefficient (Wildman–Crippen LogP) is 1.20. The summed E-state index contributed by atoms with van der Waals surface area (Å²) in [5.41, 5.74) is 6.13. The first-order valence-electron chi connectivity index (χ1n) is 5.26. The average Bonchev–Trinajstić information content (AvgIpc) is 2.89. The summed E-state index contributed by atoms with van der Waals surface area (Å²) >= 11 is 0. The molecule has 1 aliphatic heterocycles. The molecule has 74 valence electrons. The van der Waals surface area contributed by atoms with E-state index in [4.69, 9.17) is 5.73 Å². The van der Waals surface area contributed by atoms with E-state index < -0.39 is 0 Å². The highest BCUT2D eigenvalue weighted by atomic mass is 15.4. The highest BCUT2D eigenvalue weighted by molar-refractivity contribution is 5.81. The molecule has 0 aromatic rings. The Hall–Kier alpha value is -0.730. The SMILES string of the molecule is CCCN1C(N)=NCC1(C)C1CC1. The Labute approximate surface area is 80.0 Å². The molecular formula is C10H19N3. The molecule has 0 aromatic carbocycles. The fraction of sp³-hybridized carbons (Fsp3) is 0.900. The number of rotatable bonds is 3. The zero-order valence-corrected chi connectivity index (χ0v) is 8.58. The molecule has 1 atom stereocenters. The molecule has 0 amide bonds. The van der Waals surface area contributed by atoms with Crippen molar-refractivity contribution in [2.45, 2.75) is 38.6 Å². The van der Waals surface area contributed by atoms with Crippen molar-refractivity contribution in [1.29, 1.82) is 0 Å². The predicted molar refractivity (Wildman–Crippen MR) is 54.6 cm³/mol. The van der Waals surface area contributed by atoms with Gasteiger partial charge in [0, 0.05) is 6.54 Å². The minimum atomic E-state index is 0.250. The topological polar surface area (TPSA) is 41.6 Å². The zero-order valence-electron chi connectivity index (χ0n) is 8.58. The molecule has 0 aromatic heterocycles. The normalized spacial score (nSPS) is 33.7. The third-order valence-electron chi connectivity index (χ3n) is 3.36. The van der Waals surface area contributed by atoms with Gasteiger partial charge >= 0.3 is 0 Å². The fourth-order valence-corrected chi connectivity index (χ4v) is 2.32. The van der Waals surface area contributed by atoms with E-state index in [0.717, 1.165) is 31.4 Å². The first-order chi connectivity index (χ1) is 6.18. The molecule has 0 spiro atoms. The molecule has 3 heteroatoms. The Bertz CT molecular complexity index is 232. The van der Waals surface area contributed by atoms with Gasteiger partial charge in [-0.3, -0.25) is 4.99 Å². The van der Waals surface area contributed by atoms with Gasteiger partial charge in [0.2, 0.25) is 0 Å². The summed E-state index contributed by atoms with van der Waals surface area (Å²) in [6.07, 6.45) is 3.87. The molecule has 3 nitrogen and oxygen atoms in total. The molecule has 1 aliphatic carbocycles. The lowest BCUT2D eigenvalue weighted by Crippen LogP contribution is -2.51. The molecule has 2 N–H and O–H groups in total. The quantitative estimate of drug-likeness (QED) is 0.710. The van der Waals surface area contributed by atoms with Gasteiger partial charge in [-0.2, -0.15) is 0 Å². The smallest absolute Gasteiger partial charge is 0.191 e. The van der Waals surface area contributed by atoms with Crippen molar-refractivity contribution in [3.63, 3.8) is 0 Å². The fourth-order valence-electron chi connectivity index (χ4n) is 2.32. The van der Waals surface area contributed by atoms with Crippen LogP contribution in [-0.2, 0) is 0 Å². The number of hydrogen-bond acceptors (Lipinski definition) is 3. The maximum absolute atomic E-state index is 5.88. The van der Waals surface area contributed by atoms with Crippen LogP contribution in [0.15, 0.2) is 4.99 Å². The number of guanidine groups is 1. The maximum atomic E-state index is 5.88. The molecule has 0 radical (unpaired) electrons. The van der Waals surface area contributed by atoms with Crippen LogP contribution in [0.2, 0.25) is 0 Å². The van der Waals surface area contributed by atoms with Gasteiger partial charge in [-0.25, -0.2) is 0 Å². The van der Waals surface area contributed by atoms with Crippen LogP contribution in [0.1, 0.15) is 33.1 Å². The van der Waals surface area contributed by atoms with E-state index >= 15 is 0 Å². The first-order valence-corrected chi connectivity index (χ1v) is 5.26. The second-order valence-corrected chi connectivity index (χ2v) is 4.46. The van der Waals surface area contributed by atoms with Crippen LogP contribution >= 0.6 is 0 Å². The van der Waals surface area contributed by atoms with Crippen molar-refractivity contribution in [2.75, 3.05) is 13.1 Å². The molecule has 1 saturated carbocycles. The Morgan fingerprint density at radius 3 is 2.85 bits per heavy atom. The van der Waals surface area contributed by atoms with Crippen LogP contribution in [0.5, 0.6) is 0 Å². The summed E-state index contributed by atoms with van der Waals surface area (Å²) in [5.74, 6) is 1.60. The minimum absolute atomic E-state index is 0.250. The zero-order chi connectivity index (χ0) is 9.47. The summed E-state index contributed by atoms with van der Waals surface area (Å²) < 4.78 is 0. The van der Waals surface area contributed by atoms with Crippen LogP contribution in [0.3, 0.4) is 0 Å². The van der Waals surface area contributed by atoms with Gasteiger partial charge < -0.3 is 10.6 Å². The van der Waals surface area contributed by atoms with Gasteiger partial charge in [0.05, 0.1) is 12.1 Å². The van der Waals surface area contributed by atoms with Gasteiger partial charge in [-0.15, -0.1) is 0 Å². The van der Waals surface area contributed by atoms with Crippen molar-refractivity contribution in [2.24, 2.45) is 16.6 Å². The lowest BCUT2D eigenvalue weighted by molar-refractivity contribution is 0.192. The molecular weight excluding hydrogens is 162 g/mol. The minimum Gasteiger partial charge on any atom is -0.370 e. The van der Waals surface area contributed by atoms with Crippen LogP contribution in [-0.4, -0.2) is 29.5 Å². The van der Waals surface area contributed by atoms with Crippen LogP contribution in [0, 0.1) is 5.92 Å². The van der Waals surface area contributed by atoms with E-state index in [1.54, 1.807) is 0 Å². The standard InChI is InChI=1S/C10H19N3/c1-3-6-13-9(11)12-7-10(13,2)8-4-5-8/h8H,3-7H2,1-2H3,(H2,11,12). The molecule has 13 heavy (non-hydrogen) atoms. The van der Waals surface area contributed by atoms with E-state index in [1.165, 1.54) is 12.8 Å². The van der Waals surface area contributed by atoms with Crippen molar-refractivity contribution in [1.82, 2.24) is 4.90 Å². The molecule has 1 fully saturated rings. The van der Waals surface area contributed by atoms with E-state index in [2.05, 4.69) is 23.7 Å².